The van der Waals surface area contributed by atoms with Crippen LogP contribution in [0.1, 0.15) is 84.5 Å². The number of nitrogens with one attached hydrogen (secondary N) is 1. The van der Waals surface area contributed by atoms with Gasteiger partial charge in [0.2, 0.25) is 0 Å². The van der Waals surface area contributed by atoms with Crippen LogP contribution >= 0.6 is 0 Å². The zero-order valence-corrected chi connectivity index (χ0v) is 18.5. The molecule has 4 heteroatoms. The minimum absolute atomic E-state index is 0.00799. The van der Waals surface area contributed by atoms with Crippen molar-refractivity contribution in [1.29, 1.82) is 5.26 Å². The molecule has 0 saturated heterocycles. The first-order valence-electron chi connectivity index (χ1n) is 11.0. The number of ether oxygens (including phenoxy) is 1. The number of nitrogens with zero attached hydrogens (tertiary/aromatic N) is 1. The van der Waals surface area contributed by atoms with Gasteiger partial charge in [-0.2, -0.15) is 5.26 Å². The summed E-state index contributed by atoms with van der Waals surface area (Å²) in [5, 5.41) is 12.3. The summed E-state index contributed by atoms with van der Waals surface area (Å²) in [5.41, 5.74) is 4.72. The van der Waals surface area contributed by atoms with Gasteiger partial charge in [0.25, 0.3) is 5.91 Å². The van der Waals surface area contributed by atoms with Crippen molar-refractivity contribution in [2.45, 2.75) is 77.9 Å². The van der Waals surface area contributed by atoms with Crippen molar-refractivity contribution < 1.29 is 9.53 Å². The van der Waals surface area contributed by atoms with E-state index in [-0.39, 0.29) is 18.1 Å². The molecule has 0 heterocycles. The normalized spacial score (nSPS) is 19.6. The van der Waals surface area contributed by atoms with Gasteiger partial charge in [-0.25, -0.2) is 0 Å². The van der Waals surface area contributed by atoms with Crippen LogP contribution < -0.4 is 10.1 Å². The Morgan fingerprint density at radius 3 is 2.37 bits per heavy atom. The van der Waals surface area contributed by atoms with Gasteiger partial charge in [0.15, 0.2) is 0 Å². The fraction of sp³-hybridized carbons (Fsp3) is 0.462. The third kappa shape index (κ3) is 5.02. The number of carbonyl (C=O) groups excluding carboxylic acids is 1. The van der Waals surface area contributed by atoms with Crippen molar-refractivity contribution in [2.24, 2.45) is 0 Å². The molecular weight excluding hydrogens is 372 g/mol. The van der Waals surface area contributed by atoms with Gasteiger partial charge in [-0.05, 0) is 92.8 Å². The highest BCUT2D eigenvalue weighted by molar-refractivity contribution is 5.94. The Kier molecular flexibility index (Phi) is 7.15. The smallest absolute Gasteiger partial charge is 0.251 e. The van der Waals surface area contributed by atoms with Crippen LogP contribution in [-0.2, 0) is 0 Å². The number of hydrogen-bond donors (Lipinski definition) is 1. The Bertz CT molecular complexity index is 919. The molecule has 1 aliphatic rings. The Morgan fingerprint density at radius 2 is 1.77 bits per heavy atom. The molecule has 1 atom stereocenters. The average molecular weight is 405 g/mol. The van der Waals surface area contributed by atoms with Crippen LogP contribution in [0.25, 0.3) is 0 Å². The van der Waals surface area contributed by atoms with Crippen LogP contribution in [-0.4, -0.2) is 18.1 Å². The highest BCUT2D eigenvalue weighted by Gasteiger charge is 2.24. The maximum absolute atomic E-state index is 12.6. The molecule has 0 spiro atoms. The summed E-state index contributed by atoms with van der Waals surface area (Å²) in [5.74, 6) is 1.38. The molecule has 30 heavy (non-hydrogen) atoms. The number of benzene rings is 2. The van der Waals surface area contributed by atoms with Crippen LogP contribution in [0, 0.1) is 25.2 Å². The minimum atomic E-state index is 0.00799. The van der Waals surface area contributed by atoms with E-state index in [0.29, 0.717) is 11.5 Å². The summed E-state index contributed by atoms with van der Waals surface area (Å²) in [7, 11) is 0. The predicted molar refractivity (Wildman–Crippen MR) is 120 cm³/mol. The fourth-order valence-corrected chi connectivity index (χ4v) is 4.02. The van der Waals surface area contributed by atoms with Gasteiger partial charge in [-0.1, -0.05) is 26.0 Å². The van der Waals surface area contributed by atoms with E-state index in [1.807, 2.05) is 38.1 Å². The molecule has 1 fully saturated rings. The largest absolute Gasteiger partial charge is 0.490 e. The standard InChI is InChI=1S/C26H32N2O2/c1-5-17(2)20-6-8-21(9-7-20)26(29)28-23-11-13-24(14-12-23)30-25-15-10-22(16-27)18(3)19(25)4/h6-10,15,17,23-24H,5,11-14H2,1-4H3,(H,28,29). The first kappa shape index (κ1) is 21.9. The molecule has 0 radical (unpaired) electrons. The summed E-state index contributed by atoms with van der Waals surface area (Å²) in [6.45, 7) is 8.35. The lowest BCUT2D eigenvalue weighted by Crippen LogP contribution is -2.39. The van der Waals surface area contributed by atoms with Crippen molar-refractivity contribution in [3.63, 3.8) is 0 Å². The second-order valence-corrected chi connectivity index (χ2v) is 8.47. The van der Waals surface area contributed by atoms with Crippen LogP contribution in [0.15, 0.2) is 36.4 Å². The molecule has 2 aromatic rings. The van der Waals surface area contributed by atoms with Crippen molar-refractivity contribution in [3.05, 3.63) is 64.2 Å². The Labute approximate surface area is 180 Å². The number of hydrogen-bond acceptors (Lipinski definition) is 3. The van der Waals surface area contributed by atoms with Crippen LogP contribution in [0.5, 0.6) is 5.75 Å². The van der Waals surface area contributed by atoms with Gasteiger partial charge in [0.1, 0.15) is 5.75 Å². The molecule has 2 aromatic carbocycles. The second kappa shape index (κ2) is 9.80. The topological polar surface area (TPSA) is 62.1 Å². The van der Waals surface area contributed by atoms with Gasteiger partial charge >= 0.3 is 0 Å². The molecule has 1 saturated carbocycles. The van der Waals surface area contributed by atoms with Crippen LogP contribution in [0.3, 0.4) is 0 Å². The monoisotopic (exact) mass is 404 g/mol. The predicted octanol–water partition coefficient (Wildman–Crippen LogP) is 5.81. The van der Waals surface area contributed by atoms with Gasteiger partial charge in [-0.15, -0.1) is 0 Å². The fourth-order valence-electron chi connectivity index (χ4n) is 4.02. The lowest BCUT2D eigenvalue weighted by molar-refractivity contribution is 0.0893. The average Bonchev–Trinajstić information content (AvgIpc) is 2.78. The molecule has 0 bridgehead atoms. The molecule has 4 nitrogen and oxygen atoms in total. The van der Waals surface area contributed by atoms with E-state index in [1.54, 1.807) is 0 Å². The summed E-state index contributed by atoms with van der Waals surface area (Å²) in [6.07, 6.45) is 4.90. The SMILES string of the molecule is CCC(C)c1ccc(C(=O)NC2CCC(Oc3ccc(C#N)c(C)c3C)CC2)cc1. The molecule has 1 unspecified atom stereocenters. The molecule has 158 valence electrons. The first-order chi connectivity index (χ1) is 14.4. The summed E-state index contributed by atoms with van der Waals surface area (Å²) in [4.78, 5) is 12.6. The van der Waals surface area contributed by atoms with E-state index < -0.39 is 0 Å². The zero-order chi connectivity index (χ0) is 21.7. The van der Waals surface area contributed by atoms with Crippen LogP contribution in [0.2, 0.25) is 0 Å². The van der Waals surface area contributed by atoms with Crippen molar-refractivity contribution in [2.75, 3.05) is 0 Å². The molecule has 1 aliphatic carbocycles. The highest BCUT2D eigenvalue weighted by atomic mass is 16.5. The molecule has 1 N–H and O–H groups in total. The number of rotatable bonds is 6. The second-order valence-electron chi connectivity index (χ2n) is 8.47. The third-order valence-corrected chi connectivity index (χ3v) is 6.52. The van der Waals surface area contributed by atoms with E-state index in [2.05, 4.69) is 37.4 Å². The first-order valence-corrected chi connectivity index (χ1v) is 11.0. The zero-order valence-electron chi connectivity index (χ0n) is 18.5. The molecule has 0 aromatic heterocycles. The quantitative estimate of drug-likeness (QED) is 0.661. The third-order valence-electron chi connectivity index (χ3n) is 6.52. The lowest BCUT2D eigenvalue weighted by Gasteiger charge is -2.30. The molecular formula is C26H32N2O2. The lowest BCUT2D eigenvalue weighted by atomic mass is 9.92. The van der Waals surface area contributed by atoms with E-state index >= 15 is 0 Å². The summed E-state index contributed by atoms with van der Waals surface area (Å²) >= 11 is 0. The maximum atomic E-state index is 12.6. The number of carbonyl (C=O) groups is 1. The number of amides is 1. The van der Waals surface area contributed by atoms with Gasteiger partial charge in [0.05, 0.1) is 17.7 Å². The molecule has 1 amide bonds. The van der Waals surface area contributed by atoms with Crippen molar-refractivity contribution in [1.82, 2.24) is 5.32 Å². The summed E-state index contributed by atoms with van der Waals surface area (Å²) in [6, 6.07) is 14.1. The minimum Gasteiger partial charge on any atom is -0.490 e. The van der Waals surface area contributed by atoms with Crippen molar-refractivity contribution in [3.8, 4) is 11.8 Å². The Morgan fingerprint density at radius 1 is 1.10 bits per heavy atom. The van der Waals surface area contributed by atoms with Gasteiger partial charge in [-0.3, -0.25) is 4.79 Å². The number of nitriles is 1. The van der Waals surface area contributed by atoms with E-state index in [4.69, 9.17) is 10.00 Å². The van der Waals surface area contributed by atoms with Crippen molar-refractivity contribution >= 4 is 5.91 Å². The van der Waals surface area contributed by atoms with Crippen LogP contribution in [0.4, 0.5) is 0 Å². The van der Waals surface area contributed by atoms with Gasteiger partial charge < -0.3 is 10.1 Å². The molecule has 0 aliphatic heterocycles. The van der Waals surface area contributed by atoms with Gasteiger partial charge in [0, 0.05) is 11.6 Å². The van der Waals surface area contributed by atoms with E-state index in [1.165, 1.54) is 5.56 Å². The van der Waals surface area contributed by atoms with E-state index in [9.17, 15) is 4.79 Å². The van der Waals surface area contributed by atoms with E-state index in [0.717, 1.165) is 54.5 Å². The Hall–Kier alpha value is -2.80. The molecule has 3 rings (SSSR count). The summed E-state index contributed by atoms with van der Waals surface area (Å²) < 4.78 is 6.23. The highest BCUT2D eigenvalue weighted by Crippen LogP contribution is 2.29. The Balaban J connectivity index is 1.52. The maximum Gasteiger partial charge on any atom is 0.251 e.